The van der Waals surface area contributed by atoms with Crippen LogP contribution in [0.1, 0.15) is 56.2 Å². The Hall–Kier alpha value is -2.34. The summed E-state index contributed by atoms with van der Waals surface area (Å²) < 4.78 is 5.53. The van der Waals surface area contributed by atoms with Crippen LogP contribution in [0, 0.1) is 6.92 Å². The Morgan fingerprint density at radius 1 is 1.23 bits per heavy atom. The minimum atomic E-state index is -0.989. The molecule has 2 aromatic rings. The highest BCUT2D eigenvalue weighted by molar-refractivity contribution is 5.85. The summed E-state index contributed by atoms with van der Waals surface area (Å²) in [6, 6.07) is 2.51. The Morgan fingerprint density at radius 2 is 1.96 bits per heavy atom. The highest BCUT2D eigenvalue weighted by atomic mass is 16.4. The largest absolute Gasteiger partial charge is 0.507 e. The third-order valence-corrected chi connectivity index (χ3v) is 4.77. The van der Waals surface area contributed by atoms with Crippen molar-refractivity contribution >= 4 is 16.9 Å². The van der Waals surface area contributed by atoms with Crippen LogP contribution in [0.15, 0.2) is 21.3 Å². The molecule has 0 fully saturated rings. The average molecular weight is 361 g/mol. The molecule has 0 saturated carbocycles. The lowest BCUT2D eigenvalue weighted by atomic mass is 9.99. The van der Waals surface area contributed by atoms with Crippen molar-refractivity contribution in [3.05, 3.63) is 39.2 Å². The summed E-state index contributed by atoms with van der Waals surface area (Å²) in [4.78, 5) is 23.4. The Morgan fingerprint density at radius 3 is 2.62 bits per heavy atom. The fourth-order valence-corrected chi connectivity index (χ4v) is 3.03. The summed E-state index contributed by atoms with van der Waals surface area (Å²) in [6.07, 6.45) is 4.96. The number of nitrogens with one attached hydrogen (secondary N) is 1. The lowest BCUT2D eigenvalue weighted by molar-refractivity contribution is -0.139. The minimum Gasteiger partial charge on any atom is -0.507 e. The van der Waals surface area contributed by atoms with E-state index in [0.717, 1.165) is 36.6 Å². The number of phenolic OH excluding ortho intramolecular Hbond substituents is 1. The Kier molecular flexibility index (Phi) is 6.80. The molecule has 1 heterocycles. The number of carbonyl (C=O) groups is 1. The lowest BCUT2D eigenvalue weighted by Crippen LogP contribution is -2.33. The van der Waals surface area contributed by atoms with E-state index < -0.39 is 12.0 Å². The van der Waals surface area contributed by atoms with Crippen molar-refractivity contribution in [2.75, 3.05) is 0 Å². The molecule has 1 atom stereocenters. The molecule has 6 nitrogen and oxygen atoms in total. The Bertz CT molecular complexity index is 840. The zero-order valence-electron chi connectivity index (χ0n) is 15.6. The molecule has 0 radical (unpaired) electrons. The quantitative estimate of drug-likeness (QED) is 0.467. The number of hydrogen-bond acceptors (Lipinski definition) is 5. The van der Waals surface area contributed by atoms with Crippen molar-refractivity contribution in [2.24, 2.45) is 0 Å². The maximum atomic E-state index is 12.5. The predicted molar refractivity (Wildman–Crippen MR) is 101 cm³/mol. The molecule has 1 aromatic carbocycles. The van der Waals surface area contributed by atoms with Crippen LogP contribution in [-0.4, -0.2) is 22.2 Å². The zero-order valence-corrected chi connectivity index (χ0v) is 15.6. The number of aromatic hydroxyl groups is 1. The van der Waals surface area contributed by atoms with E-state index in [1.165, 1.54) is 6.92 Å². The number of carboxylic acids is 1. The molecule has 0 aliphatic rings. The topological polar surface area (TPSA) is 99.8 Å². The van der Waals surface area contributed by atoms with Gasteiger partial charge in [0.15, 0.2) is 0 Å². The van der Waals surface area contributed by atoms with Crippen LogP contribution in [-0.2, 0) is 17.8 Å². The van der Waals surface area contributed by atoms with Crippen molar-refractivity contribution in [3.63, 3.8) is 0 Å². The highest BCUT2D eigenvalue weighted by Gasteiger charge is 2.18. The van der Waals surface area contributed by atoms with E-state index in [9.17, 15) is 14.7 Å². The van der Waals surface area contributed by atoms with Crippen LogP contribution in [0.25, 0.3) is 11.0 Å². The van der Waals surface area contributed by atoms with Crippen LogP contribution in [0.2, 0.25) is 0 Å². The maximum absolute atomic E-state index is 12.5. The SMILES string of the molecule is CCCCCCc1c(C)c2ccc(O)c(CN[C@@H](C)C(=O)O)c2oc1=O. The molecule has 26 heavy (non-hydrogen) atoms. The summed E-state index contributed by atoms with van der Waals surface area (Å²) in [5.41, 5.74) is 1.87. The number of carboxylic acid groups (broad SMARTS) is 1. The minimum absolute atomic E-state index is 0.0270. The van der Waals surface area contributed by atoms with E-state index in [2.05, 4.69) is 12.2 Å². The summed E-state index contributed by atoms with van der Waals surface area (Å²) in [5.74, 6) is -1.02. The van der Waals surface area contributed by atoms with Crippen LogP contribution in [0.4, 0.5) is 0 Å². The first kappa shape index (κ1) is 20.0. The summed E-state index contributed by atoms with van der Waals surface area (Å²) in [7, 11) is 0. The molecule has 0 aliphatic heterocycles. The van der Waals surface area contributed by atoms with Gasteiger partial charge in [-0.15, -0.1) is 0 Å². The highest BCUT2D eigenvalue weighted by Crippen LogP contribution is 2.29. The monoisotopic (exact) mass is 361 g/mol. The molecule has 0 bridgehead atoms. The van der Waals surface area contributed by atoms with Crippen molar-refractivity contribution in [1.29, 1.82) is 0 Å². The average Bonchev–Trinajstić information content (AvgIpc) is 2.59. The van der Waals surface area contributed by atoms with Gasteiger partial charge in [-0.25, -0.2) is 4.79 Å². The normalized spacial score (nSPS) is 12.4. The van der Waals surface area contributed by atoms with E-state index >= 15 is 0 Å². The van der Waals surface area contributed by atoms with E-state index in [4.69, 9.17) is 9.52 Å². The van der Waals surface area contributed by atoms with Gasteiger partial charge in [-0.2, -0.15) is 0 Å². The molecule has 0 aliphatic carbocycles. The predicted octanol–water partition coefficient (Wildman–Crippen LogP) is 3.49. The van der Waals surface area contributed by atoms with Gasteiger partial charge in [0.05, 0.1) is 5.56 Å². The first-order valence-corrected chi connectivity index (χ1v) is 9.10. The van der Waals surface area contributed by atoms with Gasteiger partial charge in [0, 0.05) is 17.5 Å². The molecule has 1 aromatic heterocycles. The maximum Gasteiger partial charge on any atom is 0.339 e. The molecule has 3 N–H and O–H groups in total. The van der Waals surface area contributed by atoms with Crippen LogP contribution in [0.3, 0.4) is 0 Å². The fourth-order valence-electron chi connectivity index (χ4n) is 3.03. The second-order valence-electron chi connectivity index (χ2n) is 6.68. The number of rotatable bonds is 9. The van der Waals surface area contributed by atoms with E-state index in [-0.39, 0.29) is 17.9 Å². The molecule has 0 amide bonds. The number of benzene rings is 1. The number of aliphatic carboxylic acids is 1. The number of hydrogen-bond donors (Lipinski definition) is 3. The molecular weight excluding hydrogens is 334 g/mol. The van der Waals surface area contributed by atoms with Gasteiger partial charge in [0.2, 0.25) is 0 Å². The second-order valence-corrected chi connectivity index (χ2v) is 6.68. The first-order valence-electron chi connectivity index (χ1n) is 9.10. The van der Waals surface area contributed by atoms with Gasteiger partial charge in [-0.3, -0.25) is 4.79 Å². The number of unbranched alkanes of at least 4 members (excludes halogenated alkanes) is 3. The number of aryl methyl sites for hydroxylation is 1. The van der Waals surface area contributed by atoms with Gasteiger partial charge >= 0.3 is 11.6 Å². The van der Waals surface area contributed by atoms with Crippen molar-refractivity contribution in [3.8, 4) is 5.75 Å². The molecule has 142 valence electrons. The van der Waals surface area contributed by atoms with Crippen molar-refractivity contribution in [1.82, 2.24) is 5.32 Å². The van der Waals surface area contributed by atoms with Gasteiger partial charge < -0.3 is 19.9 Å². The standard InChI is InChI=1S/C20H27NO5/c1-4-5-6-7-8-15-12(2)14-9-10-17(22)16(18(14)26-20(15)25)11-21-13(3)19(23)24/h9-10,13,21-22H,4-8,11H2,1-3H3,(H,23,24)/t13-/m0/s1. The van der Waals surface area contributed by atoms with Gasteiger partial charge in [0.25, 0.3) is 0 Å². The zero-order chi connectivity index (χ0) is 19.3. The van der Waals surface area contributed by atoms with E-state index in [1.54, 1.807) is 12.1 Å². The molecule has 0 saturated heterocycles. The summed E-state index contributed by atoms with van der Waals surface area (Å²) in [5, 5.41) is 22.7. The molecule has 6 heteroatoms. The van der Waals surface area contributed by atoms with Crippen LogP contribution < -0.4 is 10.9 Å². The number of fused-ring (bicyclic) bond motifs is 1. The fraction of sp³-hybridized carbons (Fsp3) is 0.500. The molecule has 0 unspecified atom stereocenters. The Labute approximate surface area is 152 Å². The first-order chi connectivity index (χ1) is 12.4. The van der Waals surface area contributed by atoms with Crippen molar-refractivity contribution < 1.29 is 19.4 Å². The molecule has 2 rings (SSSR count). The van der Waals surface area contributed by atoms with Crippen molar-refractivity contribution in [2.45, 2.75) is 65.5 Å². The third-order valence-electron chi connectivity index (χ3n) is 4.77. The smallest absolute Gasteiger partial charge is 0.339 e. The lowest BCUT2D eigenvalue weighted by Gasteiger charge is -2.14. The van der Waals surface area contributed by atoms with Crippen LogP contribution >= 0.6 is 0 Å². The second kappa shape index (κ2) is 8.85. The summed E-state index contributed by atoms with van der Waals surface area (Å²) in [6.45, 7) is 5.64. The summed E-state index contributed by atoms with van der Waals surface area (Å²) >= 11 is 0. The molecular formula is C20H27NO5. The third kappa shape index (κ3) is 4.43. The van der Waals surface area contributed by atoms with Gasteiger partial charge in [-0.05, 0) is 44.4 Å². The number of phenols is 1. The van der Waals surface area contributed by atoms with Gasteiger partial charge in [-0.1, -0.05) is 26.2 Å². The van der Waals surface area contributed by atoms with E-state index in [0.29, 0.717) is 23.1 Å². The molecule has 0 spiro atoms. The Balaban J connectivity index is 2.38. The van der Waals surface area contributed by atoms with Gasteiger partial charge in [0.1, 0.15) is 17.4 Å². The van der Waals surface area contributed by atoms with Crippen LogP contribution in [0.5, 0.6) is 5.75 Å². The van der Waals surface area contributed by atoms with E-state index in [1.807, 2.05) is 6.92 Å².